The largest absolute Gasteiger partial charge is 0.395 e. The van der Waals surface area contributed by atoms with Crippen LogP contribution in [0.15, 0.2) is 18.2 Å². The molecule has 110 valence electrons. The monoisotopic (exact) mass is 302 g/mol. The van der Waals surface area contributed by atoms with E-state index in [4.69, 9.17) is 16.3 Å². The highest BCUT2D eigenvalue weighted by molar-refractivity contribution is 6.31. The summed E-state index contributed by atoms with van der Waals surface area (Å²) in [5, 5.41) is 11.8. The molecule has 1 aliphatic rings. The molecule has 1 fully saturated rings. The van der Waals surface area contributed by atoms with Gasteiger partial charge in [0, 0.05) is 12.2 Å². The molecule has 7 heteroatoms. The van der Waals surface area contributed by atoms with Crippen molar-refractivity contribution in [1.29, 1.82) is 0 Å². The van der Waals surface area contributed by atoms with Gasteiger partial charge in [-0.25, -0.2) is 4.39 Å². The number of aliphatic hydroxyl groups is 1. The van der Waals surface area contributed by atoms with Crippen molar-refractivity contribution in [2.24, 2.45) is 0 Å². The molecule has 1 saturated heterocycles. The Labute approximate surface area is 121 Å². The molecular weight excluding hydrogens is 287 g/mol. The third-order valence-electron chi connectivity index (χ3n) is 3.11. The normalized spacial score (nSPS) is 19.9. The Bertz CT molecular complexity index is 487. The van der Waals surface area contributed by atoms with Gasteiger partial charge in [0.05, 0.1) is 37.4 Å². The van der Waals surface area contributed by atoms with Crippen LogP contribution in [0.4, 0.5) is 10.1 Å². The number of aliphatic hydroxyl groups excluding tert-OH is 1. The lowest BCUT2D eigenvalue weighted by Gasteiger charge is -2.33. The standard InChI is InChI=1S/C13H16ClFN2O3/c14-11-5-9(1-2-12(11)15)16-13(19)6-17-3-4-20-8-10(17)7-18/h1-2,5,10,18H,3-4,6-8H2,(H,16,19). The number of anilines is 1. The molecule has 1 aromatic rings. The minimum atomic E-state index is -0.529. The number of hydrogen-bond acceptors (Lipinski definition) is 4. The number of nitrogens with one attached hydrogen (secondary N) is 1. The van der Waals surface area contributed by atoms with Crippen LogP contribution in [0.2, 0.25) is 5.02 Å². The van der Waals surface area contributed by atoms with E-state index < -0.39 is 5.82 Å². The summed E-state index contributed by atoms with van der Waals surface area (Å²) < 4.78 is 18.3. The molecule has 2 rings (SSSR count). The minimum Gasteiger partial charge on any atom is -0.395 e. The number of rotatable bonds is 4. The fourth-order valence-corrected chi connectivity index (χ4v) is 2.20. The zero-order valence-electron chi connectivity index (χ0n) is 10.8. The van der Waals surface area contributed by atoms with Gasteiger partial charge < -0.3 is 15.2 Å². The van der Waals surface area contributed by atoms with E-state index >= 15 is 0 Å². The van der Waals surface area contributed by atoms with Crippen molar-refractivity contribution in [2.75, 3.05) is 38.2 Å². The molecule has 0 bridgehead atoms. The van der Waals surface area contributed by atoms with Crippen LogP contribution in [0.3, 0.4) is 0 Å². The molecule has 0 radical (unpaired) electrons. The first-order valence-electron chi connectivity index (χ1n) is 6.27. The summed E-state index contributed by atoms with van der Waals surface area (Å²) in [6.07, 6.45) is 0. The first kappa shape index (κ1) is 15.2. The van der Waals surface area contributed by atoms with Crippen LogP contribution >= 0.6 is 11.6 Å². The topological polar surface area (TPSA) is 61.8 Å². The average molecular weight is 303 g/mol. The highest BCUT2D eigenvalue weighted by Crippen LogP contribution is 2.19. The molecule has 0 saturated carbocycles. The lowest BCUT2D eigenvalue weighted by Crippen LogP contribution is -2.50. The van der Waals surface area contributed by atoms with Gasteiger partial charge in [-0.2, -0.15) is 0 Å². The van der Waals surface area contributed by atoms with Crippen molar-refractivity contribution in [2.45, 2.75) is 6.04 Å². The van der Waals surface area contributed by atoms with Crippen LogP contribution in [0.5, 0.6) is 0 Å². The second-order valence-corrected chi connectivity index (χ2v) is 4.97. The molecular formula is C13H16ClFN2O3. The Morgan fingerprint density at radius 3 is 3.10 bits per heavy atom. The number of carbonyl (C=O) groups is 1. The third-order valence-corrected chi connectivity index (χ3v) is 3.40. The number of benzene rings is 1. The Morgan fingerprint density at radius 2 is 2.40 bits per heavy atom. The van der Waals surface area contributed by atoms with E-state index in [1.165, 1.54) is 18.2 Å². The maximum Gasteiger partial charge on any atom is 0.238 e. The molecule has 1 aliphatic heterocycles. The molecule has 1 aromatic carbocycles. The fraction of sp³-hybridized carbons (Fsp3) is 0.462. The van der Waals surface area contributed by atoms with Crippen LogP contribution in [-0.2, 0) is 9.53 Å². The number of amides is 1. The highest BCUT2D eigenvalue weighted by Gasteiger charge is 2.24. The zero-order chi connectivity index (χ0) is 14.5. The van der Waals surface area contributed by atoms with Crippen molar-refractivity contribution < 1.29 is 19.0 Å². The number of ether oxygens (including phenoxy) is 1. The Balaban J connectivity index is 1.92. The first-order valence-corrected chi connectivity index (χ1v) is 6.65. The molecule has 0 aliphatic carbocycles. The molecule has 1 heterocycles. The van der Waals surface area contributed by atoms with Gasteiger partial charge in [-0.05, 0) is 18.2 Å². The fourth-order valence-electron chi connectivity index (χ4n) is 2.02. The van der Waals surface area contributed by atoms with E-state index in [-0.39, 0.29) is 30.1 Å². The van der Waals surface area contributed by atoms with Crippen LogP contribution in [-0.4, -0.2) is 54.9 Å². The first-order chi connectivity index (χ1) is 9.60. The van der Waals surface area contributed by atoms with E-state index in [9.17, 15) is 14.3 Å². The minimum absolute atomic E-state index is 0.0394. The van der Waals surface area contributed by atoms with Crippen LogP contribution in [0.25, 0.3) is 0 Å². The van der Waals surface area contributed by atoms with Gasteiger partial charge in [0.25, 0.3) is 0 Å². The van der Waals surface area contributed by atoms with Gasteiger partial charge in [0.2, 0.25) is 5.91 Å². The summed E-state index contributed by atoms with van der Waals surface area (Å²) in [6.45, 7) is 1.61. The molecule has 5 nitrogen and oxygen atoms in total. The van der Waals surface area contributed by atoms with Crippen molar-refractivity contribution in [1.82, 2.24) is 4.90 Å². The van der Waals surface area contributed by atoms with Crippen molar-refractivity contribution >= 4 is 23.2 Å². The molecule has 1 unspecified atom stereocenters. The number of nitrogens with zero attached hydrogens (tertiary/aromatic N) is 1. The molecule has 20 heavy (non-hydrogen) atoms. The lowest BCUT2D eigenvalue weighted by molar-refractivity contribution is -0.120. The van der Waals surface area contributed by atoms with Crippen LogP contribution in [0.1, 0.15) is 0 Å². The van der Waals surface area contributed by atoms with Crippen molar-refractivity contribution in [3.8, 4) is 0 Å². The van der Waals surface area contributed by atoms with Crippen molar-refractivity contribution in [3.63, 3.8) is 0 Å². The second-order valence-electron chi connectivity index (χ2n) is 4.56. The highest BCUT2D eigenvalue weighted by atomic mass is 35.5. The number of morpholine rings is 1. The number of halogens is 2. The summed E-state index contributed by atoms with van der Waals surface area (Å²) >= 11 is 5.65. The molecule has 0 spiro atoms. The zero-order valence-corrected chi connectivity index (χ0v) is 11.6. The van der Waals surface area contributed by atoms with Crippen LogP contribution < -0.4 is 5.32 Å². The molecule has 2 N–H and O–H groups in total. The van der Waals surface area contributed by atoms with E-state index in [0.29, 0.717) is 25.4 Å². The molecule has 1 amide bonds. The van der Waals surface area contributed by atoms with Gasteiger partial charge in [-0.15, -0.1) is 0 Å². The lowest BCUT2D eigenvalue weighted by atomic mass is 10.2. The number of carbonyl (C=O) groups excluding carboxylic acids is 1. The second kappa shape index (κ2) is 6.99. The summed E-state index contributed by atoms with van der Waals surface area (Å²) in [5.41, 5.74) is 0.440. The average Bonchev–Trinajstić information content (AvgIpc) is 2.43. The summed E-state index contributed by atoms with van der Waals surface area (Å²) in [4.78, 5) is 13.8. The van der Waals surface area contributed by atoms with Crippen molar-refractivity contribution in [3.05, 3.63) is 29.0 Å². The predicted molar refractivity (Wildman–Crippen MR) is 73.3 cm³/mol. The SMILES string of the molecule is O=C(CN1CCOCC1CO)Nc1ccc(F)c(Cl)c1. The third kappa shape index (κ3) is 3.89. The van der Waals surface area contributed by atoms with Gasteiger partial charge >= 0.3 is 0 Å². The Morgan fingerprint density at radius 1 is 1.60 bits per heavy atom. The van der Waals surface area contributed by atoms with Gasteiger partial charge in [0.15, 0.2) is 0 Å². The molecule has 0 aromatic heterocycles. The maximum absolute atomic E-state index is 13.0. The van der Waals surface area contributed by atoms with E-state index in [2.05, 4.69) is 5.32 Å². The number of hydrogen-bond donors (Lipinski definition) is 2. The smallest absolute Gasteiger partial charge is 0.238 e. The summed E-state index contributed by atoms with van der Waals surface area (Å²) in [6, 6.07) is 3.83. The maximum atomic E-state index is 13.0. The summed E-state index contributed by atoms with van der Waals surface area (Å²) in [7, 11) is 0. The van der Waals surface area contributed by atoms with Gasteiger partial charge in [-0.1, -0.05) is 11.6 Å². The van der Waals surface area contributed by atoms with E-state index in [1.807, 2.05) is 4.90 Å². The van der Waals surface area contributed by atoms with Crippen LogP contribution in [0, 0.1) is 5.82 Å². The quantitative estimate of drug-likeness (QED) is 0.875. The molecule has 1 atom stereocenters. The van der Waals surface area contributed by atoms with Gasteiger partial charge in [-0.3, -0.25) is 9.69 Å². The van der Waals surface area contributed by atoms with Gasteiger partial charge in [0.1, 0.15) is 5.82 Å². The Kier molecular flexibility index (Phi) is 5.31. The van der Waals surface area contributed by atoms with E-state index in [1.54, 1.807) is 0 Å². The predicted octanol–water partition coefficient (Wildman–Crippen LogP) is 1.11. The Hall–Kier alpha value is -1.21. The van der Waals surface area contributed by atoms with E-state index in [0.717, 1.165) is 0 Å². The summed E-state index contributed by atoms with van der Waals surface area (Å²) in [5.74, 6) is -0.772.